The molecule has 2 aromatic carbocycles. The van der Waals surface area contributed by atoms with Gasteiger partial charge < -0.3 is 20.3 Å². The highest BCUT2D eigenvalue weighted by Gasteiger charge is 2.08. The Hall–Kier alpha value is -3.81. The molecule has 2 N–H and O–H groups in total. The molecule has 0 aliphatic carbocycles. The Labute approximate surface area is 188 Å². The Morgan fingerprint density at radius 2 is 1.91 bits per heavy atom. The molecule has 168 valence electrons. The summed E-state index contributed by atoms with van der Waals surface area (Å²) in [6, 6.07) is 17.4. The summed E-state index contributed by atoms with van der Waals surface area (Å²) in [6.45, 7) is 1.25. The summed E-state index contributed by atoms with van der Waals surface area (Å²) in [6.07, 6.45) is 2.71. The van der Waals surface area contributed by atoms with Crippen LogP contribution in [0.2, 0.25) is 0 Å². The Balaban J connectivity index is 1.49. The lowest BCUT2D eigenvalue weighted by Crippen LogP contribution is -2.38. The molecule has 1 aromatic heterocycles. The summed E-state index contributed by atoms with van der Waals surface area (Å²) in [5, 5.41) is 11.2. The molecule has 1 amide bonds. The SMILES string of the molecule is CN=C(NCCc1cccc(C(=O)N(C)C)c1)NCc1ccn(-c2ccc(OC)cc2)n1. The number of nitrogens with one attached hydrogen (secondary N) is 2. The third-order valence-corrected chi connectivity index (χ3v) is 4.93. The molecule has 0 unspecified atom stereocenters. The molecule has 8 heteroatoms. The first-order valence-corrected chi connectivity index (χ1v) is 10.4. The molecule has 8 nitrogen and oxygen atoms in total. The normalized spacial score (nSPS) is 11.2. The summed E-state index contributed by atoms with van der Waals surface area (Å²) in [5.74, 6) is 1.52. The van der Waals surface area contributed by atoms with E-state index in [2.05, 4.69) is 20.7 Å². The first-order valence-electron chi connectivity index (χ1n) is 10.4. The summed E-state index contributed by atoms with van der Waals surface area (Å²) >= 11 is 0. The average Bonchev–Trinajstić information content (AvgIpc) is 3.30. The molecule has 0 radical (unpaired) electrons. The molecule has 0 atom stereocenters. The molecular formula is C24H30N6O2. The van der Waals surface area contributed by atoms with Gasteiger partial charge in [0.05, 0.1) is 25.0 Å². The van der Waals surface area contributed by atoms with Crippen LogP contribution in [0.25, 0.3) is 5.69 Å². The predicted molar refractivity (Wildman–Crippen MR) is 126 cm³/mol. The lowest BCUT2D eigenvalue weighted by Gasteiger charge is -2.13. The standard InChI is InChI=1S/C24H30N6O2/c1-25-24(26-14-12-18-6-5-7-19(16-18)23(31)29(2)3)27-17-20-13-15-30(28-20)21-8-10-22(32-4)11-9-21/h5-11,13,15-16H,12,14,17H2,1-4H3,(H2,25,26,27). The van der Waals surface area contributed by atoms with Crippen LogP contribution in [0, 0.1) is 0 Å². The van der Waals surface area contributed by atoms with Crippen LogP contribution in [-0.4, -0.2) is 61.3 Å². The van der Waals surface area contributed by atoms with E-state index in [-0.39, 0.29) is 5.91 Å². The number of guanidine groups is 1. The van der Waals surface area contributed by atoms with Gasteiger partial charge in [-0.05, 0) is 54.4 Å². The number of carbonyl (C=O) groups excluding carboxylic acids is 1. The second-order valence-corrected chi connectivity index (χ2v) is 7.45. The van der Waals surface area contributed by atoms with E-state index in [1.165, 1.54) is 0 Å². The average molecular weight is 435 g/mol. The lowest BCUT2D eigenvalue weighted by atomic mass is 10.1. The lowest BCUT2D eigenvalue weighted by molar-refractivity contribution is 0.0827. The largest absolute Gasteiger partial charge is 0.497 e. The smallest absolute Gasteiger partial charge is 0.253 e. The van der Waals surface area contributed by atoms with Gasteiger partial charge in [0, 0.05) is 39.4 Å². The van der Waals surface area contributed by atoms with Gasteiger partial charge in [-0.25, -0.2) is 4.68 Å². The van der Waals surface area contributed by atoms with Gasteiger partial charge in [0.2, 0.25) is 0 Å². The number of aromatic nitrogens is 2. The first-order chi connectivity index (χ1) is 15.5. The Kier molecular flexibility index (Phi) is 7.85. The number of methoxy groups -OCH3 is 1. The van der Waals surface area contributed by atoms with Crippen molar-refractivity contribution in [2.45, 2.75) is 13.0 Å². The van der Waals surface area contributed by atoms with Gasteiger partial charge in [-0.3, -0.25) is 9.79 Å². The fourth-order valence-corrected chi connectivity index (χ4v) is 3.17. The zero-order valence-corrected chi connectivity index (χ0v) is 19.0. The molecule has 0 saturated heterocycles. The monoisotopic (exact) mass is 434 g/mol. The summed E-state index contributed by atoms with van der Waals surface area (Å²) < 4.78 is 7.02. The van der Waals surface area contributed by atoms with Crippen LogP contribution in [0.5, 0.6) is 5.75 Å². The van der Waals surface area contributed by atoms with Crippen molar-refractivity contribution >= 4 is 11.9 Å². The number of nitrogens with zero attached hydrogens (tertiary/aromatic N) is 4. The van der Waals surface area contributed by atoms with Gasteiger partial charge in [-0.2, -0.15) is 5.10 Å². The van der Waals surface area contributed by atoms with Gasteiger partial charge in [0.15, 0.2) is 5.96 Å². The number of ether oxygens (including phenoxy) is 1. The van der Waals surface area contributed by atoms with Crippen LogP contribution < -0.4 is 15.4 Å². The number of carbonyl (C=O) groups is 1. The van der Waals surface area contributed by atoms with Crippen molar-refractivity contribution in [1.82, 2.24) is 25.3 Å². The Morgan fingerprint density at radius 3 is 2.59 bits per heavy atom. The highest BCUT2D eigenvalue weighted by atomic mass is 16.5. The second-order valence-electron chi connectivity index (χ2n) is 7.45. The van der Waals surface area contributed by atoms with Crippen LogP contribution >= 0.6 is 0 Å². The first kappa shape index (κ1) is 22.9. The van der Waals surface area contributed by atoms with E-state index in [1.807, 2.05) is 65.5 Å². The predicted octanol–water partition coefficient (Wildman–Crippen LogP) is 2.49. The Morgan fingerprint density at radius 1 is 1.12 bits per heavy atom. The van der Waals surface area contributed by atoms with Crippen LogP contribution in [0.1, 0.15) is 21.6 Å². The van der Waals surface area contributed by atoms with E-state index in [1.54, 1.807) is 33.2 Å². The summed E-state index contributed by atoms with van der Waals surface area (Å²) in [5.41, 5.74) is 3.66. The number of aliphatic imine (C=N–C) groups is 1. The van der Waals surface area contributed by atoms with E-state index in [0.717, 1.165) is 29.1 Å². The minimum Gasteiger partial charge on any atom is -0.497 e. The zero-order valence-electron chi connectivity index (χ0n) is 19.0. The van der Waals surface area contributed by atoms with Crippen molar-refractivity contribution in [3.05, 3.63) is 77.6 Å². The molecular weight excluding hydrogens is 404 g/mol. The van der Waals surface area contributed by atoms with Gasteiger partial charge >= 0.3 is 0 Å². The van der Waals surface area contributed by atoms with Crippen LogP contribution in [0.4, 0.5) is 0 Å². The molecule has 32 heavy (non-hydrogen) atoms. The maximum absolute atomic E-state index is 12.1. The summed E-state index contributed by atoms with van der Waals surface area (Å²) in [7, 11) is 6.90. The van der Waals surface area contributed by atoms with E-state index in [4.69, 9.17) is 4.74 Å². The number of hydrogen-bond donors (Lipinski definition) is 2. The van der Waals surface area contributed by atoms with Crippen LogP contribution in [0.3, 0.4) is 0 Å². The van der Waals surface area contributed by atoms with E-state index >= 15 is 0 Å². The molecule has 0 aliphatic rings. The molecule has 3 aromatic rings. The van der Waals surface area contributed by atoms with E-state index in [9.17, 15) is 4.79 Å². The van der Waals surface area contributed by atoms with Crippen molar-refractivity contribution in [1.29, 1.82) is 0 Å². The molecule has 0 aliphatic heterocycles. The minimum absolute atomic E-state index is 0.00589. The molecule has 0 fully saturated rings. The maximum Gasteiger partial charge on any atom is 0.253 e. The Bertz CT molecular complexity index is 1060. The number of benzene rings is 2. The van der Waals surface area contributed by atoms with Crippen LogP contribution in [0.15, 0.2) is 65.8 Å². The number of rotatable bonds is 8. The zero-order chi connectivity index (χ0) is 22.9. The second kappa shape index (κ2) is 11.0. The molecule has 3 rings (SSSR count). The topological polar surface area (TPSA) is 83.8 Å². The molecule has 0 spiro atoms. The number of hydrogen-bond acceptors (Lipinski definition) is 4. The van der Waals surface area contributed by atoms with Gasteiger partial charge in [-0.15, -0.1) is 0 Å². The van der Waals surface area contributed by atoms with Crippen molar-refractivity contribution in [2.75, 3.05) is 34.8 Å². The fraction of sp³-hybridized carbons (Fsp3) is 0.292. The van der Waals surface area contributed by atoms with Gasteiger partial charge in [-0.1, -0.05) is 12.1 Å². The highest BCUT2D eigenvalue weighted by molar-refractivity contribution is 5.94. The van der Waals surface area contributed by atoms with Gasteiger partial charge in [0.1, 0.15) is 5.75 Å². The third-order valence-electron chi connectivity index (χ3n) is 4.93. The fourth-order valence-electron chi connectivity index (χ4n) is 3.17. The molecule has 0 bridgehead atoms. The van der Waals surface area contributed by atoms with Crippen molar-refractivity contribution < 1.29 is 9.53 Å². The van der Waals surface area contributed by atoms with Gasteiger partial charge in [0.25, 0.3) is 5.91 Å². The summed E-state index contributed by atoms with van der Waals surface area (Å²) in [4.78, 5) is 18.0. The highest BCUT2D eigenvalue weighted by Crippen LogP contribution is 2.14. The molecule has 0 saturated carbocycles. The molecule has 1 heterocycles. The van der Waals surface area contributed by atoms with E-state index < -0.39 is 0 Å². The van der Waals surface area contributed by atoms with Crippen molar-refractivity contribution in [2.24, 2.45) is 4.99 Å². The minimum atomic E-state index is 0.00589. The quantitative estimate of drug-likeness (QED) is 0.420. The third kappa shape index (κ3) is 6.10. The van der Waals surface area contributed by atoms with E-state index in [0.29, 0.717) is 24.6 Å². The van der Waals surface area contributed by atoms with Crippen molar-refractivity contribution in [3.63, 3.8) is 0 Å². The number of amides is 1. The van der Waals surface area contributed by atoms with Crippen molar-refractivity contribution in [3.8, 4) is 11.4 Å². The van der Waals surface area contributed by atoms with Crippen LogP contribution in [-0.2, 0) is 13.0 Å². The maximum atomic E-state index is 12.1.